The van der Waals surface area contributed by atoms with Crippen molar-refractivity contribution in [2.75, 3.05) is 7.11 Å². The Morgan fingerprint density at radius 1 is 1.25 bits per heavy atom. The maximum Gasteiger partial charge on any atom is 0.121 e. The molecule has 84 valence electrons. The van der Waals surface area contributed by atoms with E-state index in [1.807, 2.05) is 37.8 Å². The maximum absolute atomic E-state index is 5.25. The van der Waals surface area contributed by atoms with Crippen molar-refractivity contribution in [3.05, 3.63) is 35.7 Å². The van der Waals surface area contributed by atoms with Crippen LogP contribution in [0.5, 0.6) is 5.75 Å². The third-order valence-electron chi connectivity index (χ3n) is 2.72. The summed E-state index contributed by atoms with van der Waals surface area (Å²) in [7, 11) is 3.63. The molecule has 1 heterocycles. The first-order valence-corrected chi connectivity index (χ1v) is 5.27. The topological polar surface area (TPSA) is 27.1 Å². The van der Waals surface area contributed by atoms with Gasteiger partial charge in [-0.05, 0) is 37.1 Å². The van der Waals surface area contributed by atoms with Gasteiger partial charge in [0.2, 0.25) is 0 Å². The third-order valence-corrected chi connectivity index (χ3v) is 2.72. The van der Waals surface area contributed by atoms with Crippen molar-refractivity contribution in [1.29, 1.82) is 0 Å². The molecular weight excluding hydrogens is 200 g/mol. The highest BCUT2D eigenvalue weighted by atomic mass is 16.5. The quantitative estimate of drug-likeness (QED) is 0.771. The number of hydrogen-bond acceptors (Lipinski definition) is 2. The van der Waals surface area contributed by atoms with Crippen molar-refractivity contribution in [1.82, 2.24) is 9.78 Å². The molecule has 0 aliphatic carbocycles. The Kier molecular flexibility index (Phi) is 2.69. The van der Waals surface area contributed by atoms with Gasteiger partial charge in [0.05, 0.1) is 12.8 Å². The summed E-state index contributed by atoms with van der Waals surface area (Å²) in [6.07, 6.45) is 2.04. The standard InChI is InChI=1S/C13H16N2O/c1-9-7-11(5-6-13(9)16-4)12-8-15(3)14-10(12)2/h5-8H,1-4H3. The second-order valence-corrected chi connectivity index (χ2v) is 3.99. The Hall–Kier alpha value is -1.77. The highest BCUT2D eigenvalue weighted by Gasteiger charge is 2.07. The van der Waals surface area contributed by atoms with Gasteiger partial charge in [0, 0.05) is 18.8 Å². The van der Waals surface area contributed by atoms with Gasteiger partial charge in [-0.1, -0.05) is 6.07 Å². The summed E-state index contributed by atoms with van der Waals surface area (Å²) in [5.41, 5.74) is 4.55. The van der Waals surface area contributed by atoms with Crippen LogP contribution in [0.15, 0.2) is 24.4 Å². The van der Waals surface area contributed by atoms with Gasteiger partial charge in [0.25, 0.3) is 0 Å². The molecule has 0 N–H and O–H groups in total. The number of aryl methyl sites for hydroxylation is 3. The van der Waals surface area contributed by atoms with Gasteiger partial charge in [-0.25, -0.2) is 0 Å². The fourth-order valence-corrected chi connectivity index (χ4v) is 1.93. The molecule has 3 nitrogen and oxygen atoms in total. The molecule has 2 rings (SSSR count). The highest BCUT2D eigenvalue weighted by molar-refractivity contribution is 5.67. The lowest BCUT2D eigenvalue weighted by Crippen LogP contribution is -1.87. The molecule has 0 aliphatic heterocycles. The van der Waals surface area contributed by atoms with Gasteiger partial charge >= 0.3 is 0 Å². The third kappa shape index (κ3) is 1.81. The molecule has 3 heteroatoms. The van der Waals surface area contributed by atoms with Crippen LogP contribution in [0.3, 0.4) is 0 Å². The Bertz CT molecular complexity index is 515. The van der Waals surface area contributed by atoms with Crippen molar-refractivity contribution >= 4 is 0 Å². The molecule has 1 aromatic carbocycles. The minimum absolute atomic E-state index is 0.922. The molecule has 0 unspecified atom stereocenters. The molecule has 0 atom stereocenters. The van der Waals surface area contributed by atoms with E-state index in [1.54, 1.807) is 7.11 Å². The van der Waals surface area contributed by atoms with E-state index < -0.39 is 0 Å². The second-order valence-electron chi connectivity index (χ2n) is 3.99. The predicted molar refractivity (Wildman–Crippen MR) is 64.7 cm³/mol. The van der Waals surface area contributed by atoms with Gasteiger partial charge in [-0.15, -0.1) is 0 Å². The molecule has 0 amide bonds. The first-order valence-electron chi connectivity index (χ1n) is 5.27. The molecule has 1 aromatic heterocycles. The molecule has 0 aliphatic rings. The van der Waals surface area contributed by atoms with Crippen LogP contribution in [0.1, 0.15) is 11.3 Å². The van der Waals surface area contributed by atoms with Crippen LogP contribution in [0, 0.1) is 13.8 Å². The van der Waals surface area contributed by atoms with Crippen LogP contribution in [-0.2, 0) is 7.05 Å². The summed E-state index contributed by atoms with van der Waals surface area (Å²) in [5, 5.41) is 4.35. The number of aromatic nitrogens is 2. The summed E-state index contributed by atoms with van der Waals surface area (Å²) >= 11 is 0. The minimum Gasteiger partial charge on any atom is -0.496 e. The molecular formula is C13H16N2O. The van der Waals surface area contributed by atoms with E-state index in [2.05, 4.69) is 17.2 Å². The number of ether oxygens (including phenoxy) is 1. The average molecular weight is 216 g/mol. The molecule has 0 radical (unpaired) electrons. The molecule has 0 saturated heterocycles. The van der Waals surface area contributed by atoms with E-state index in [9.17, 15) is 0 Å². The molecule has 16 heavy (non-hydrogen) atoms. The minimum atomic E-state index is 0.922. The smallest absolute Gasteiger partial charge is 0.121 e. The zero-order chi connectivity index (χ0) is 11.7. The predicted octanol–water partition coefficient (Wildman–Crippen LogP) is 2.71. The van der Waals surface area contributed by atoms with Crippen LogP contribution in [0.25, 0.3) is 11.1 Å². The van der Waals surface area contributed by atoms with Crippen molar-refractivity contribution in [3.63, 3.8) is 0 Å². The van der Waals surface area contributed by atoms with Gasteiger partial charge in [0.15, 0.2) is 0 Å². The normalized spacial score (nSPS) is 10.5. The largest absolute Gasteiger partial charge is 0.496 e. The summed E-state index contributed by atoms with van der Waals surface area (Å²) in [6, 6.07) is 6.19. The Morgan fingerprint density at radius 3 is 2.50 bits per heavy atom. The van der Waals surface area contributed by atoms with E-state index in [1.165, 1.54) is 11.1 Å². The number of rotatable bonds is 2. The van der Waals surface area contributed by atoms with Gasteiger partial charge in [0.1, 0.15) is 5.75 Å². The monoisotopic (exact) mass is 216 g/mol. The molecule has 0 spiro atoms. The van der Waals surface area contributed by atoms with Crippen LogP contribution < -0.4 is 4.74 Å². The fourth-order valence-electron chi connectivity index (χ4n) is 1.93. The maximum atomic E-state index is 5.25. The van der Waals surface area contributed by atoms with E-state index in [4.69, 9.17) is 4.74 Å². The van der Waals surface area contributed by atoms with Gasteiger partial charge < -0.3 is 4.74 Å². The SMILES string of the molecule is COc1ccc(-c2cn(C)nc2C)cc1C. The second kappa shape index (κ2) is 4.00. The van der Waals surface area contributed by atoms with Gasteiger partial charge in [-0.3, -0.25) is 4.68 Å². The average Bonchev–Trinajstić information content (AvgIpc) is 2.58. The summed E-state index contributed by atoms with van der Waals surface area (Å²) < 4.78 is 7.09. The lowest BCUT2D eigenvalue weighted by molar-refractivity contribution is 0.412. The molecule has 0 saturated carbocycles. The fraction of sp³-hybridized carbons (Fsp3) is 0.308. The lowest BCUT2D eigenvalue weighted by atomic mass is 10.0. The van der Waals surface area contributed by atoms with E-state index >= 15 is 0 Å². The molecule has 2 aromatic rings. The Labute approximate surface area is 95.7 Å². The van der Waals surface area contributed by atoms with E-state index in [0.717, 1.165) is 17.0 Å². The number of hydrogen-bond donors (Lipinski definition) is 0. The molecule has 0 fully saturated rings. The van der Waals surface area contributed by atoms with Crippen molar-refractivity contribution in [2.45, 2.75) is 13.8 Å². The molecule has 0 bridgehead atoms. The van der Waals surface area contributed by atoms with Gasteiger partial charge in [-0.2, -0.15) is 5.10 Å². The first-order chi connectivity index (χ1) is 7.61. The number of nitrogens with zero attached hydrogens (tertiary/aromatic N) is 2. The van der Waals surface area contributed by atoms with E-state index in [-0.39, 0.29) is 0 Å². The van der Waals surface area contributed by atoms with Crippen LogP contribution in [0.2, 0.25) is 0 Å². The zero-order valence-electron chi connectivity index (χ0n) is 10.1. The number of methoxy groups -OCH3 is 1. The summed E-state index contributed by atoms with van der Waals surface area (Å²) in [5.74, 6) is 0.922. The van der Waals surface area contributed by atoms with E-state index in [0.29, 0.717) is 0 Å². The number of benzene rings is 1. The first kappa shape index (κ1) is 10.7. The van der Waals surface area contributed by atoms with Crippen LogP contribution in [-0.4, -0.2) is 16.9 Å². The Morgan fingerprint density at radius 2 is 2.00 bits per heavy atom. The van der Waals surface area contributed by atoms with Crippen LogP contribution in [0.4, 0.5) is 0 Å². The van der Waals surface area contributed by atoms with Crippen molar-refractivity contribution in [3.8, 4) is 16.9 Å². The summed E-state index contributed by atoms with van der Waals surface area (Å²) in [4.78, 5) is 0. The Balaban J connectivity index is 2.49. The lowest BCUT2D eigenvalue weighted by Gasteiger charge is -2.06. The summed E-state index contributed by atoms with van der Waals surface area (Å²) in [6.45, 7) is 4.07. The van der Waals surface area contributed by atoms with Crippen LogP contribution >= 0.6 is 0 Å². The van der Waals surface area contributed by atoms with Crippen molar-refractivity contribution < 1.29 is 4.74 Å². The van der Waals surface area contributed by atoms with Crippen molar-refractivity contribution in [2.24, 2.45) is 7.05 Å². The highest BCUT2D eigenvalue weighted by Crippen LogP contribution is 2.27. The zero-order valence-corrected chi connectivity index (χ0v) is 10.1.